The van der Waals surface area contributed by atoms with Gasteiger partial charge >= 0.3 is 0 Å². The van der Waals surface area contributed by atoms with Crippen molar-refractivity contribution in [3.63, 3.8) is 0 Å². The van der Waals surface area contributed by atoms with Crippen molar-refractivity contribution in [3.05, 3.63) is 35.5 Å². The largest absolute Gasteiger partial charge is 0.548 e. The monoisotopic (exact) mass is 257 g/mol. The summed E-state index contributed by atoms with van der Waals surface area (Å²) in [5.41, 5.74) is 2.85. The van der Waals surface area contributed by atoms with Gasteiger partial charge in [0.1, 0.15) is 0 Å². The van der Waals surface area contributed by atoms with Gasteiger partial charge in [0.05, 0.1) is 18.6 Å². The van der Waals surface area contributed by atoms with Crippen molar-refractivity contribution in [2.24, 2.45) is 0 Å². The lowest BCUT2D eigenvalue weighted by atomic mass is 9.96. The summed E-state index contributed by atoms with van der Waals surface area (Å²) in [4.78, 5) is 27.4. The zero-order valence-electron chi connectivity index (χ0n) is 10.5. The van der Waals surface area contributed by atoms with Gasteiger partial charge in [0, 0.05) is 29.9 Å². The van der Waals surface area contributed by atoms with Gasteiger partial charge in [0.2, 0.25) is 5.91 Å². The van der Waals surface area contributed by atoms with E-state index in [4.69, 9.17) is 0 Å². The molecule has 0 spiro atoms. The number of nitrogens with zero attached hydrogens (tertiary/aromatic N) is 1. The normalized spacial score (nSPS) is 18.4. The van der Waals surface area contributed by atoms with Crippen LogP contribution in [0.25, 0.3) is 10.9 Å². The number of carbonyl (C=O) groups is 2. The number of carboxylic acids is 1. The summed E-state index contributed by atoms with van der Waals surface area (Å²) in [6, 6.07) is 6.86. The Morgan fingerprint density at radius 2 is 2.11 bits per heavy atom. The highest BCUT2D eigenvalue weighted by molar-refractivity contribution is 5.88. The van der Waals surface area contributed by atoms with Gasteiger partial charge in [-0.1, -0.05) is 18.2 Å². The number of benzene rings is 1. The molecule has 1 aliphatic heterocycles. The minimum absolute atomic E-state index is 0.251. The molecule has 0 fully saturated rings. The van der Waals surface area contributed by atoms with E-state index in [1.165, 1.54) is 11.8 Å². The number of aliphatic carboxylic acids is 1. The van der Waals surface area contributed by atoms with Gasteiger partial charge in [-0.25, -0.2) is 0 Å². The third kappa shape index (κ3) is 1.78. The molecule has 0 radical (unpaired) electrons. The fourth-order valence-electron chi connectivity index (χ4n) is 2.75. The second kappa shape index (κ2) is 4.12. The number of rotatable bonds is 1. The minimum Gasteiger partial charge on any atom is -0.548 e. The quantitative estimate of drug-likeness (QED) is 0.792. The average Bonchev–Trinajstić information content (AvgIpc) is 2.74. The smallest absolute Gasteiger partial charge is 0.220 e. The zero-order chi connectivity index (χ0) is 13.6. The Morgan fingerprint density at radius 1 is 1.37 bits per heavy atom. The van der Waals surface area contributed by atoms with Crippen molar-refractivity contribution in [2.45, 2.75) is 25.9 Å². The molecular formula is C14H13N2O3-. The third-order valence-electron chi connectivity index (χ3n) is 3.68. The number of aromatic nitrogens is 1. The van der Waals surface area contributed by atoms with Gasteiger partial charge in [-0.3, -0.25) is 4.79 Å². The number of amides is 1. The number of fused-ring (bicyclic) bond motifs is 3. The van der Waals surface area contributed by atoms with E-state index in [0.29, 0.717) is 6.42 Å². The van der Waals surface area contributed by atoms with E-state index in [9.17, 15) is 14.7 Å². The van der Waals surface area contributed by atoms with Gasteiger partial charge in [-0.05, 0) is 11.6 Å². The van der Waals surface area contributed by atoms with Crippen molar-refractivity contribution in [2.75, 3.05) is 0 Å². The van der Waals surface area contributed by atoms with Crippen molar-refractivity contribution in [1.82, 2.24) is 9.88 Å². The first-order valence-electron chi connectivity index (χ1n) is 6.14. The number of H-pyrrole nitrogens is 1. The van der Waals surface area contributed by atoms with Gasteiger partial charge in [-0.2, -0.15) is 0 Å². The first-order valence-corrected chi connectivity index (χ1v) is 6.14. The number of hydrogen-bond donors (Lipinski definition) is 1. The topological polar surface area (TPSA) is 76.2 Å². The van der Waals surface area contributed by atoms with Gasteiger partial charge in [0.25, 0.3) is 0 Å². The zero-order valence-corrected chi connectivity index (χ0v) is 10.5. The Kier molecular flexibility index (Phi) is 2.55. The molecule has 1 amide bonds. The summed E-state index contributed by atoms with van der Waals surface area (Å²) in [6.07, 6.45) is 0.293. The Morgan fingerprint density at radius 3 is 2.79 bits per heavy atom. The molecule has 5 nitrogen and oxygen atoms in total. The maximum Gasteiger partial charge on any atom is 0.220 e. The second-order valence-corrected chi connectivity index (χ2v) is 4.81. The molecule has 0 unspecified atom stereocenters. The molecule has 1 aliphatic rings. The fraction of sp³-hybridized carbons (Fsp3) is 0.286. The Hall–Kier alpha value is -2.30. The van der Waals surface area contributed by atoms with Crippen LogP contribution in [-0.2, 0) is 22.6 Å². The summed E-state index contributed by atoms with van der Waals surface area (Å²) < 4.78 is 0. The lowest BCUT2D eigenvalue weighted by molar-refractivity contribution is -0.311. The molecule has 19 heavy (non-hydrogen) atoms. The van der Waals surface area contributed by atoms with Crippen LogP contribution >= 0.6 is 0 Å². The molecule has 1 aromatic heterocycles. The van der Waals surface area contributed by atoms with E-state index in [2.05, 4.69) is 4.98 Å². The van der Waals surface area contributed by atoms with Crippen LogP contribution in [0.3, 0.4) is 0 Å². The lowest BCUT2D eigenvalue weighted by Crippen LogP contribution is -2.52. The van der Waals surface area contributed by atoms with Crippen molar-refractivity contribution < 1.29 is 14.7 Å². The van der Waals surface area contributed by atoms with Crippen molar-refractivity contribution in [3.8, 4) is 0 Å². The summed E-state index contributed by atoms with van der Waals surface area (Å²) in [6.45, 7) is 1.67. The average molecular weight is 257 g/mol. The highest BCUT2D eigenvalue weighted by Gasteiger charge is 2.30. The van der Waals surface area contributed by atoms with Gasteiger partial charge in [0.15, 0.2) is 0 Å². The van der Waals surface area contributed by atoms with Gasteiger partial charge in [-0.15, -0.1) is 0 Å². The molecule has 2 aromatic rings. The van der Waals surface area contributed by atoms with Crippen LogP contribution in [0.15, 0.2) is 24.3 Å². The number of para-hydroxylation sites is 1. The molecule has 2 heterocycles. The van der Waals surface area contributed by atoms with E-state index in [-0.39, 0.29) is 12.5 Å². The van der Waals surface area contributed by atoms with E-state index in [1.54, 1.807) is 0 Å². The predicted octanol–water partition coefficient (Wildman–Crippen LogP) is 0.191. The number of nitrogens with one attached hydrogen (secondary N) is 1. The minimum atomic E-state index is -1.20. The molecule has 5 heteroatoms. The van der Waals surface area contributed by atoms with Gasteiger partial charge < -0.3 is 19.8 Å². The van der Waals surface area contributed by atoms with Crippen LogP contribution in [-0.4, -0.2) is 27.8 Å². The second-order valence-electron chi connectivity index (χ2n) is 4.81. The molecule has 1 atom stereocenters. The SMILES string of the molecule is CC(=O)N1Cc2[nH]c3ccccc3c2C[C@@H]1C(=O)[O-]. The summed E-state index contributed by atoms with van der Waals surface area (Å²) in [5, 5.41) is 12.2. The standard InChI is InChI=1S/C14H14N2O3/c1-8(17)16-7-12-10(6-13(16)14(18)19)9-4-2-3-5-11(9)15-12/h2-5,13,15H,6-7H2,1H3,(H,18,19)/p-1/t13-/m1/s1. The van der Waals surface area contributed by atoms with Crippen LogP contribution < -0.4 is 5.11 Å². The molecule has 1 aromatic carbocycles. The Labute approximate surface area is 109 Å². The van der Waals surface area contributed by atoms with Crippen LogP contribution in [0.2, 0.25) is 0 Å². The summed E-state index contributed by atoms with van der Waals surface area (Å²) >= 11 is 0. The number of carboxylic acid groups (broad SMARTS) is 1. The van der Waals surface area contributed by atoms with E-state index in [1.807, 2.05) is 24.3 Å². The maximum atomic E-state index is 11.6. The predicted molar refractivity (Wildman–Crippen MR) is 67.0 cm³/mol. The molecule has 0 bridgehead atoms. The first-order chi connectivity index (χ1) is 9.08. The molecule has 1 N–H and O–H groups in total. The van der Waals surface area contributed by atoms with E-state index in [0.717, 1.165) is 22.2 Å². The first kappa shape index (κ1) is 11.8. The van der Waals surface area contributed by atoms with Crippen molar-refractivity contribution in [1.29, 1.82) is 0 Å². The molecule has 3 rings (SSSR count). The number of hydrogen-bond acceptors (Lipinski definition) is 3. The third-order valence-corrected chi connectivity index (χ3v) is 3.68. The summed E-state index contributed by atoms with van der Waals surface area (Å²) in [7, 11) is 0. The number of aromatic amines is 1. The summed E-state index contributed by atoms with van der Waals surface area (Å²) in [5.74, 6) is -1.45. The molecule has 0 aliphatic carbocycles. The van der Waals surface area contributed by atoms with Crippen LogP contribution in [0.4, 0.5) is 0 Å². The van der Waals surface area contributed by atoms with E-state index >= 15 is 0 Å². The highest BCUT2D eigenvalue weighted by atomic mass is 16.4. The Bertz CT molecular complexity index is 674. The lowest BCUT2D eigenvalue weighted by Gasteiger charge is -2.35. The highest BCUT2D eigenvalue weighted by Crippen LogP contribution is 2.30. The van der Waals surface area contributed by atoms with Crippen LogP contribution in [0.5, 0.6) is 0 Å². The van der Waals surface area contributed by atoms with Crippen LogP contribution in [0.1, 0.15) is 18.2 Å². The van der Waals surface area contributed by atoms with Crippen molar-refractivity contribution >= 4 is 22.8 Å². The maximum absolute atomic E-state index is 11.6. The fourth-order valence-corrected chi connectivity index (χ4v) is 2.75. The van der Waals surface area contributed by atoms with E-state index < -0.39 is 12.0 Å². The molecule has 0 saturated carbocycles. The Balaban J connectivity index is 2.12. The molecular weight excluding hydrogens is 244 g/mol. The number of carbonyl (C=O) groups excluding carboxylic acids is 2. The molecule has 0 saturated heterocycles. The van der Waals surface area contributed by atoms with Crippen LogP contribution in [0, 0.1) is 0 Å². The molecule has 98 valence electrons.